The molecular weight excluding hydrogens is 448 g/mol. The minimum Gasteiger partial charge on any atom is -0.497 e. The Morgan fingerprint density at radius 1 is 1.18 bits per heavy atom. The number of carbonyl (C=O) groups is 1. The highest BCUT2D eigenvalue weighted by Crippen LogP contribution is 2.36. The van der Waals surface area contributed by atoms with Crippen LogP contribution in [0.2, 0.25) is 0 Å². The molecule has 1 aromatic carbocycles. The zero-order valence-electron chi connectivity index (χ0n) is 20.5. The third-order valence-electron chi connectivity index (χ3n) is 6.79. The van der Waals surface area contributed by atoms with Crippen LogP contribution in [0.3, 0.4) is 0 Å². The number of thioether (sulfide) groups is 1. The van der Waals surface area contributed by atoms with Crippen molar-refractivity contribution in [2.45, 2.75) is 36.8 Å². The molecule has 0 N–H and O–H groups in total. The molecule has 8 heteroatoms. The van der Waals surface area contributed by atoms with Crippen LogP contribution in [-0.4, -0.2) is 85.5 Å². The summed E-state index contributed by atoms with van der Waals surface area (Å²) < 4.78 is 10.7. The molecule has 0 spiro atoms. The summed E-state index contributed by atoms with van der Waals surface area (Å²) in [6.07, 6.45) is 6.03. The number of likely N-dealkylation sites (tertiary alicyclic amines) is 2. The standard InChI is InChI=1S/C26H36N4O3S/c1-29-11-5-9-21(17-29)25(31)30-12-6-8-20(18-30)24-23(19-7-4-10-22(15-19)33-3)16-27-26(28-24)34-14-13-32-2/h4,7,10,15-16,20-21H,5-6,8-9,11-14,17-18H2,1-3H3/t20-,21-/m0/s1. The molecule has 4 rings (SSSR count). The number of nitrogens with zero attached hydrogens (tertiary/aromatic N) is 4. The van der Waals surface area contributed by atoms with Crippen LogP contribution in [0.1, 0.15) is 37.3 Å². The van der Waals surface area contributed by atoms with Gasteiger partial charge < -0.3 is 19.3 Å². The molecule has 2 aromatic rings. The van der Waals surface area contributed by atoms with Crippen molar-refractivity contribution in [3.8, 4) is 16.9 Å². The number of methoxy groups -OCH3 is 2. The number of aromatic nitrogens is 2. The topological polar surface area (TPSA) is 67.8 Å². The van der Waals surface area contributed by atoms with Gasteiger partial charge in [0.1, 0.15) is 5.75 Å². The van der Waals surface area contributed by atoms with E-state index in [1.807, 2.05) is 24.4 Å². The number of carbonyl (C=O) groups excluding carboxylic acids is 1. The fourth-order valence-corrected chi connectivity index (χ4v) is 5.74. The number of ether oxygens (including phenoxy) is 2. The van der Waals surface area contributed by atoms with E-state index in [-0.39, 0.29) is 11.8 Å². The SMILES string of the molecule is COCCSc1ncc(-c2cccc(OC)c2)c([C@H]2CCCN(C(=O)[C@H]3CCCN(C)C3)C2)n1. The summed E-state index contributed by atoms with van der Waals surface area (Å²) >= 11 is 1.61. The van der Waals surface area contributed by atoms with Gasteiger partial charge in [-0.1, -0.05) is 23.9 Å². The van der Waals surface area contributed by atoms with Crippen LogP contribution in [-0.2, 0) is 9.53 Å². The maximum atomic E-state index is 13.4. The van der Waals surface area contributed by atoms with Gasteiger partial charge in [0.25, 0.3) is 0 Å². The Morgan fingerprint density at radius 3 is 2.82 bits per heavy atom. The van der Waals surface area contributed by atoms with Crippen LogP contribution in [0.15, 0.2) is 35.6 Å². The predicted molar refractivity (Wildman–Crippen MR) is 135 cm³/mol. The Morgan fingerprint density at radius 2 is 2.03 bits per heavy atom. The Hall–Kier alpha value is -2.16. The summed E-state index contributed by atoms with van der Waals surface area (Å²) in [5.41, 5.74) is 3.09. The summed E-state index contributed by atoms with van der Waals surface area (Å²) in [5.74, 6) is 2.22. The van der Waals surface area contributed by atoms with Crippen LogP contribution < -0.4 is 4.74 Å². The van der Waals surface area contributed by atoms with E-state index in [2.05, 4.69) is 27.9 Å². The molecule has 2 aliphatic rings. The Bertz CT molecular complexity index is 973. The van der Waals surface area contributed by atoms with Gasteiger partial charge in [-0.25, -0.2) is 9.97 Å². The lowest BCUT2D eigenvalue weighted by molar-refractivity contribution is -0.138. The third kappa shape index (κ3) is 6.09. The van der Waals surface area contributed by atoms with Crippen LogP contribution in [0, 0.1) is 5.92 Å². The van der Waals surface area contributed by atoms with Crippen molar-refractivity contribution in [3.05, 3.63) is 36.2 Å². The zero-order chi connectivity index (χ0) is 23.9. The summed E-state index contributed by atoms with van der Waals surface area (Å²) in [5, 5.41) is 0.760. The van der Waals surface area contributed by atoms with Gasteiger partial charge in [-0.05, 0) is 57.0 Å². The summed E-state index contributed by atoms with van der Waals surface area (Å²) in [4.78, 5) is 27.4. The van der Waals surface area contributed by atoms with Crippen LogP contribution >= 0.6 is 11.8 Å². The molecule has 0 radical (unpaired) electrons. The summed E-state index contributed by atoms with van der Waals surface area (Å²) in [6, 6.07) is 8.05. The van der Waals surface area contributed by atoms with Gasteiger partial charge in [-0.15, -0.1) is 0 Å². The molecule has 1 amide bonds. The molecule has 0 saturated carbocycles. The minimum absolute atomic E-state index is 0.112. The summed E-state index contributed by atoms with van der Waals surface area (Å²) in [7, 11) is 5.50. The van der Waals surface area contributed by atoms with Gasteiger partial charge in [0.2, 0.25) is 5.91 Å². The second kappa shape index (κ2) is 12.0. The molecule has 34 heavy (non-hydrogen) atoms. The zero-order valence-corrected chi connectivity index (χ0v) is 21.4. The molecule has 2 saturated heterocycles. The first-order chi connectivity index (χ1) is 16.6. The molecule has 3 heterocycles. The van der Waals surface area contributed by atoms with Crippen molar-refractivity contribution < 1.29 is 14.3 Å². The molecule has 2 atom stereocenters. The highest BCUT2D eigenvalue weighted by atomic mass is 32.2. The average Bonchev–Trinajstić information content (AvgIpc) is 2.88. The van der Waals surface area contributed by atoms with Crippen molar-refractivity contribution in [2.75, 3.05) is 59.8 Å². The van der Waals surface area contributed by atoms with Crippen molar-refractivity contribution in [2.24, 2.45) is 5.92 Å². The first-order valence-corrected chi connectivity index (χ1v) is 13.2. The number of hydrogen-bond acceptors (Lipinski definition) is 7. The number of benzene rings is 1. The number of hydrogen-bond donors (Lipinski definition) is 0. The Labute approximate surface area is 207 Å². The molecular formula is C26H36N4O3S. The van der Waals surface area contributed by atoms with E-state index in [1.165, 1.54) is 0 Å². The molecule has 2 aliphatic heterocycles. The molecule has 0 aliphatic carbocycles. The molecule has 184 valence electrons. The fourth-order valence-electron chi connectivity index (χ4n) is 5.01. The predicted octanol–water partition coefficient (Wildman–Crippen LogP) is 3.94. The van der Waals surface area contributed by atoms with E-state index >= 15 is 0 Å². The fraction of sp³-hybridized carbons (Fsp3) is 0.577. The second-order valence-corrected chi connectivity index (χ2v) is 10.3. The van der Waals surface area contributed by atoms with Crippen molar-refractivity contribution in [1.82, 2.24) is 19.8 Å². The van der Waals surface area contributed by atoms with E-state index in [9.17, 15) is 4.79 Å². The highest BCUT2D eigenvalue weighted by Gasteiger charge is 2.33. The number of amides is 1. The van der Waals surface area contributed by atoms with Crippen LogP contribution in [0.5, 0.6) is 5.75 Å². The Balaban J connectivity index is 1.60. The van der Waals surface area contributed by atoms with Crippen LogP contribution in [0.25, 0.3) is 11.1 Å². The lowest BCUT2D eigenvalue weighted by atomic mass is 9.88. The molecule has 2 fully saturated rings. The lowest BCUT2D eigenvalue weighted by Gasteiger charge is -2.37. The monoisotopic (exact) mass is 484 g/mol. The molecule has 0 bridgehead atoms. The largest absolute Gasteiger partial charge is 0.497 e. The maximum absolute atomic E-state index is 13.4. The van der Waals surface area contributed by atoms with Gasteiger partial charge in [-0.3, -0.25) is 4.79 Å². The number of piperidine rings is 2. The Kier molecular flexibility index (Phi) is 8.80. The van der Waals surface area contributed by atoms with E-state index in [0.29, 0.717) is 12.5 Å². The highest BCUT2D eigenvalue weighted by molar-refractivity contribution is 7.99. The van der Waals surface area contributed by atoms with Crippen molar-refractivity contribution in [1.29, 1.82) is 0 Å². The van der Waals surface area contributed by atoms with Crippen molar-refractivity contribution in [3.63, 3.8) is 0 Å². The van der Waals surface area contributed by atoms with Gasteiger partial charge >= 0.3 is 0 Å². The average molecular weight is 485 g/mol. The lowest BCUT2D eigenvalue weighted by Crippen LogP contribution is -2.47. The maximum Gasteiger partial charge on any atom is 0.226 e. The first-order valence-electron chi connectivity index (χ1n) is 12.2. The number of rotatable bonds is 8. The van der Waals surface area contributed by atoms with Crippen molar-refractivity contribution >= 4 is 17.7 Å². The third-order valence-corrected chi connectivity index (χ3v) is 7.61. The van der Waals surface area contributed by atoms with Crippen LogP contribution in [0.4, 0.5) is 0 Å². The normalized spacial score (nSPS) is 21.4. The van der Waals surface area contributed by atoms with E-state index in [1.54, 1.807) is 26.0 Å². The van der Waals surface area contributed by atoms with E-state index < -0.39 is 0 Å². The van der Waals surface area contributed by atoms with E-state index in [4.69, 9.17) is 14.5 Å². The molecule has 0 unspecified atom stereocenters. The van der Waals surface area contributed by atoms with Gasteiger partial charge in [-0.2, -0.15) is 0 Å². The smallest absolute Gasteiger partial charge is 0.226 e. The second-order valence-electron chi connectivity index (χ2n) is 9.25. The first kappa shape index (κ1) is 24.9. The van der Waals surface area contributed by atoms with Gasteiger partial charge in [0.15, 0.2) is 5.16 Å². The van der Waals surface area contributed by atoms with Gasteiger partial charge in [0, 0.05) is 50.2 Å². The summed E-state index contributed by atoms with van der Waals surface area (Å²) in [6.45, 7) is 4.16. The molecule has 7 nitrogen and oxygen atoms in total. The van der Waals surface area contributed by atoms with E-state index in [0.717, 1.165) is 85.3 Å². The minimum atomic E-state index is 0.112. The molecule has 1 aromatic heterocycles. The van der Waals surface area contributed by atoms with Gasteiger partial charge in [0.05, 0.1) is 25.3 Å². The quantitative estimate of drug-likeness (QED) is 0.319.